The molecule has 0 spiro atoms. The number of hydrogen-bond acceptors (Lipinski definition) is 3. The lowest BCUT2D eigenvalue weighted by molar-refractivity contribution is -0.143. The summed E-state index contributed by atoms with van der Waals surface area (Å²) >= 11 is 1.52. The summed E-state index contributed by atoms with van der Waals surface area (Å²) in [6.45, 7) is 0. The van der Waals surface area contributed by atoms with Gasteiger partial charge >= 0.3 is 5.97 Å². The molecule has 0 unspecified atom stereocenters. The van der Waals surface area contributed by atoms with Crippen LogP contribution in [0.15, 0.2) is 29.2 Å². The van der Waals surface area contributed by atoms with Gasteiger partial charge in [0.15, 0.2) is 0 Å². The van der Waals surface area contributed by atoms with Crippen molar-refractivity contribution in [3.63, 3.8) is 0 Å². The molecule has 0 aliphatic heterocycles. The third-order valence-electron chi connectivity index (χ3n) is 3.01. The van der Waals surface area contributed by atoms with E-state index in [0.717, 1.165) is 23.5 Å². The van der Waals surface area contributed by atoms with Crippen LogP contribution < -0.4 is 0 Å². The molecule has 2 N–H and O–H groups in total. The highest BCUT2D eigenvalue weighted by Crippen LogP contribution is 2.50. The second kappa shape index (κ2) is 4.37. The third-order valence-corrected chi connectivity index (χ3v) is 4.08. The Morgan fingerprint density at radius 2 is 2.06 bits per heavy atom. The maximum absolute atomic E-state index is 10.9. The number of rotatable bonds is 5. The normalized spacial score (nSPS) is 17.0. The quantitative estimate of drug-likeness (QED) is 0.774. The molecule has 0 aromatic heterocycles. The number of thioether (sulfide) groups is 1. The number of aromatic hydroxyl groups is 1. The molecule has 0 saturated heterocycles. The van der Waals surface area contributed by atoms with E-state index in [2.05, 4.69) is 0 Å². The van der Waals surface area contributed by atoms with E-state index in [1.165, 1.54) is 11.8 Å². The number of benzene rings is 1. The first-order chi connectivity index (χ1) is 7.64. The Labute approximate surface area is 98.5 Å². The average Bonchev–Trinajstić information content (AvgIpc) is 3.02. The average molecular weight is 238 g/mol. The lowest BCUT2D eigenvalue weighted by atomic mass is 10.1. The van der Waals surface area contributed by atoms with Crippen LogP contribution in [0.25, 0.3) is 0 Å². The molecular formula is C12H14O3S. The molecule has 1 aromatic carbocycles. The molecule has 1 aliphatic carbocycles. The highest BCUT2D eigenvalue weighted by Gasteiger charge is 2.49. The van der Waals surface area contributed by atoms with Gasteiger partial charge in [0, 0.05) is 4.90 Å². The fourth-order valence-corrected chi connectivity index (χ4v) is 2.76. The number of hydrogen-bond donors (Lipinski definition) is 2. The molecule has 16 heavy (non-hydrogen) atoms. The molecule has 1 aromatic rings. The van der Waals surface area contributed by atoms with Gasteiger partial charge in [-0.15, -0.1) is 11.8 Å². The number of aliphatic carboxylic acids is 1. The largest absolute Gasteiger partial charge is 0.507 e. The highest BCUT2D eigenvalue weighted by molar-refractivity contribution is 7.99. The summed E-state index contributed by atoms with van der Waals surface area (Å²) in [5.74, 6) is 0.335. The number of phenols is 1. The molecule has 0 bridgehead atoms. The lowest BCUT2D eigenvalue weighted by Gasteiger charge is -2.09. The first-order valence-corrected chi connectivity index (χ1v) is 6.27. The van der Waals surface area contributed by atoms with Crippen molar-refractivity contribution in [3.05, 3.63) is 24.3 Å². The van der Waals surface area contributed by atoms with Crippen molar-refractivity contribution in [1.29, 1.82) is 0 Å². The summed E-state index contributed by atoms with van der Waals surface area (Å²) in [6.07, 6.45) is 2.27. The van der Waals surface area contributed by atoms with Crippen LogP contribution >= 0.6 is 11.8 Å². The van der Waals surface area contributed by atoms with E-state index in [4.69, 9.17) is 5.11 Å². The van der Waals surface area contributed by atoms with Crippen molar-refractivity contribution in [2.45, 2.75) is 24.2 Å². The summed E-state index contributed by atoms with van der Waals surface area (Å²) in [5.41, 5.74) is -0.461. The van der Waals surface area contributed by atoms with E-state index in [9.17, 15) is 9.90 Å². The van der Waals surface area contributed by atoms with E-state index in [-0.39, 0.29) is 5.75 Å². The third kappa shape index (κ3) is 2.32. The molecule has 4 heteroatoms. The number of phenolic OH excluding ortho intramolecular Hbond substituents is 1. The fourth-order valence-electron chi connectivity index (χ4n) is 1.66. The van der Waals surface area contributed by atoms with Gasteiger partial charge in [0.2, 0.25) is 0 Å². The molecular weight excluding hydrogens is 224 g/mol. The zero-order valence-electron chi connectivity index (χ0n) is 8.85. The van der Waals surface area contributed by atoms with Gasteiger partial charge in [0.1, 0.15) is 5.75 Å². The molecule has 3 nitrogen and oxygen atoms in total. The first-order valence-electron chi connectivity index (χ1n) is 5.28. The summed E-state index contributed by atoms with van der Waals surface area (Å²) in [6, 6.07) is 7.14. The van der Waals surface area contributed by atoms with E-state index < -0.39 is 11.4 Å². The second-order valence-electron chi connectivity index (χ2n) is 4.15. The van der Waals surface area contributed by atoms with Crippen molar-refractivity contribution in [2.24, 2.45) is 5.41 Å². The Morgan fingerprint density at radius 1 is 1.38 bits per heavy atom. The van der Waals surface area contributed by atoms with E-state index in [0.29, 0.717) is 6.42 Å². The van der Waals surface area contributed by atoms with E-state index >= 15 is 0 Å². The lowest BCUT2D eigenvalue weighted by Crippen LogP contribution is -2.15. The van der Waals surface area contributed by atoms with E-state index in [1.807, 2.05) is 12.1 Å². The van der Waals surface area contributed by atoms with Gasteiger partial charge < -0.3 is 10.2 Å². The summed E-state index contributed by atoms with van der Waals surface area (Å²) in [4.78, 5) is 11.8. The highest BCUT2D eigenvalue weighted by atomic mass is 32.2. The van der Waals surface area contributed by atoms with Crippen molar-refractivity contribution < 1.29 is 15.0 Å². The van der Waals surface area contributed by atoms with Gasteiger partial charge in [-0.1, -0.05) is 12.1 Å². The molecule has 1 aliphatic rings. The number of para-hydroxylation sites is 1. The van der Waals surface area contributed by atoms with Crippen molar-refractivity contribution in [1.82, 2.24) is 0 Å². The molecule has 0 radical (unpaired) electrons. The molecule has 1 saturated carbocycles. The van der Waals surface area contributed by atoms with Crippen molar-refractivity contribution >= 4 is 17.7 Å². The van der Waals surface area contributed by atoms with Gasteiger partial charge in [-0.25, -0.2) is 0 Å². The molecule has 0 atom stereocenters. The fraction of sp³-hybridized carbons (Fsp3) is 0.417. The Bertz CT molecular complexity index is 399. The van der Waals surface area contributed by atoms with Gasteiger partial charge in [-0.3, -0.25) is 4.79 Å². The van der Waals surface area contributed by atoms with Gasteiger partial charge in [0.05, 0.1) is 5.41 Å². The van der Waals surface area contributed by atoms with Gasteiger partial charge in [-0.05, 0) is 37.1 Å². The van der Waals surface area contributed by atoms with Crippen LogP contribution in [-0.2, 0) is 4.79 Å². The maximum Gasteiger partial charge on any atom is 0.309 e. The number of carboxylic acids is 1. The number of carboxylic acid groups (broad SMARTS) is 1. The van der Waals surface area contributed by atoms with Gasteiger partial charge in [0.25, 0.3) is 0 Å². The van der Waals surface area contributed by atoms with Crippen LogP contribution in [-0.4, -0.2) is 21.9 Å². The Morgan fingerprint density at radius 3 is 2.62 bits per heavy atom. The standard InChI is InChI=1S/C12H14O3S/c13-9-3-1-2-4-10(9)16-8-7-12(5-6-12)11(14)15/h1-4,13H,5-8H2,(H,14,15). The summed E-state index contributed by atoms with van der Waals surface area (Å²) in [5, 5.41) is 18.5. The SMILES string of the molecule is O=C(O)C1(CCSc2ccccc2O)CC1. The van der Waals surface area contributed by atoms with Crippen molar-refractivity contribution in [2.75, 3.05) is 5.75 Å². The van der Waals surface area contributed by atoms with Crippen LogP contribution in [0.1, 0.15) is 19.3 Å². The molecule has 86 valence electrons. The van der Waals surface area contributed by atoms with E-state index in [1.54, 1.807) is 12.1 Å². The minimum absolute atomic E-state index is 0.271. The molecule has 0 amide bonds. The monoisotopic (exact) mass is 238 g/mol. The van der Waals surface area contributed by atoms with Gasteiger partial charge in [-0.2, -0.15) is 0 Å². The van der Waals surface area contributed by atoms with Crippen LogP contribution in [0.4, 0.5) is 0 Å². The van der Waals surface area contributed by atoms with Crippen molar-refractivity contribution in [3.8, 4) is 5.75 Å². The first kappa shape index (κ1) is 11.3. The molecule has 2 rings (SSSR count). The topological polar surface area (TPSA) is 57.5 Å². The zero-order chi connectivity index (χ0) is 11.6. The Hall–Kier alpha value is -1.16. The van der Waals surface area contributed by atoms with Crippen LogP contribution in [0, 0.1) is 5.41 Å². The Balaban J connectivity index is 1.85. The molecule has 1 fully saturated rings. The van der Waals surface area contributed by atoms with Crippen LogP contribution in [0.2, 0.25) is 0 Å². The van der Waals surface area contributed by atoms with Crippen LogP contribution in [0.3, 0.4) is 0 Å². The minimum Gasteiger partial charge on any atom is -0.507 e. The smallest absolute Gasteiger partial charge is 0.309 e. The predicted molar refractivity (Wildman–Crippen MR) is 62.8 cm³/mol. The summed E-state index contributed by atoms with van der Waals surface area (Å²) in [7, 11) is 0. The zero-order valence-corrected chi connectivity index (χ0v) is 9.67. The minimum atomic E-state index is -0.676. The maximum atomic E-state index is 10.9. The van der Waals surface area contributed by atoms with Crippen LogP contribution in [0.5, 0.6) is 5.75 Å². The summed E-state index contributed by atoms with van der Waals surface area (Å²) < 4.78 is 0. The molecule has 0 heterocycles. The predicted octanol–water partition coefficient (Wildman–Crippen LogP) is 2.74. The number of carbonyl (C=O) groups is 1. The second-order valence-corrected chi connectivity index (χ2v) is 5.29. The Kier molecular flexibility index (Phi) is 3.10.